The highest BCUT2D eigenvalue weighted by molar-refractivity contribution is 5.85. The number of rotatable bonds is 7. The first kappa shape index (κ1) is 21.0. The summed E-state index contributed by atoms with van der Waals surface area (Å²) < 4.78 is 5.34. The van der Waals surface area contributed by atoms with Crippen LogP contribution in [0.5, 0.6) is 0 Å². The van der Waals surface area contributed by atoms with Gasteiger partial charge in [0, 0.05) is 25.8 Å². The van der Waals surface area contributed by atoms with E-state index in [9.17, 15) is 4.79 Å². The average molecular weight is 377 g/mol. The number of morpholine rings is 1. The molecule has 1 aliphatic heterocycles. The van der Waals surface area contributed by atoms with Crippen LogP contribution in [0.4, 0.5) is 5.82 Å². The van der Waals surface area contributed by atoms with E-state index < -0.39 is 0 Å². The molecule has 136 valence electrons. The molecule has 1 saturated carbocycles. The van der Waals surface area contributed by atoms with Crippen LogP contribution in [0.2, 0.25) is 0 Å². The Morgan fingerprint density at radius 2 is 2.00 bits per heavy atom. The Kier molecular flexibility index (Phi) is 9.36. The largest absolute Gasteiger partial charge is 0.378 e. The number of halogens is 2. The number of pyridine rings is 1. The third-order valence-electron chi connectivity index (χ3n) is 4.05. The number of amides is 1. The van der Waals surface area contributed by atoms with Crippen LogP contribution in [-0.4, -0.2) is 50.3 Å². The van der Waals surface area contributed by atoms with Gasteiger partial charge in [-0.15, -0.1) is 24.8 Å². The molecule has 3 rings (SSSR count). The normalized spacial score (nSPS) is 16.8. The number of anilines is 1. The summed E-state index contributed by atoms with van der Waals surface area (Å²) in [5, 5.41) is 6.11. The second-order valence-electron chi connectivity index (χ2n) is 5.98. The van der Waals surface area contributed by atoms with Gasteiger partial charge in [-0.1, -0.05) is 6.07 Å². The van der Waals surface area contributed by atoms with E-state index >= 15 is 0 Å². The van der Waals surface area contributed by atoms with Crippen molar-refractivity contribution in [3.8, 4) is 0 Å². The lowest BCUT2D eigenvalue weighted by molar-refractivity contribution is -0.120. The summed E-state index contributed by atoms with van der Waals surface area (Å²) >= 11 is 0. The maximum atomic E-state index is 11.7. The molecule has 2 N–H and O–H groups in total. The van der Waals surface area contributed by atoms with Crippen LogP contribution in [0.25, 0.3) is 0 Å². The van der Waals surface area contributed by atoms with Crippen molar-refractivity contribution in [3.63, 3.8) is 0 Å². The Morgan fingerprint density at radius 3 is 2.62 bits per heavy atom. The molecule has 6 nitrogen and oxygen atoms in total. The van der Waals surface area contributed by atoms with E-state index in [-0.39, 0.29) is 30.7 Å². The maximum absolute atomic E-state index is 11.7. The molecule has 24 heavy (non-hydrogen) atoms. The quantitative estimate of drug-likeness (QED) is 0.752. The Balaban J connectivity index is 0.00000144. The van der Waals surface area contributed by atoms with Crippen molar-refractivity contribution in [1.82, 2.24) is 15.6 Å². The van der Waals surface area contributed by atoms with Gasteiger partial charge in [-0.2, -0.15) is 0 Å². The van der Waals surface area contributed by atoms with Crippen molar-refractivity contribution in [2.45, 2.75) is 19.4 Å². The topological polar surface area (TPSA) is 66.5 Å². The minimum Gasteiger partial charge on any atom is -0.378 e. The Hall–Kier alpha value is -1.08. The van der Waals surface area contributed by atoms with Crippen LogP contribution in [0.1, 0.15) is 18.4 Å². The van der Waals surface area contributed by atoms with Gasteiger partial charge in [-0.3, -0.25) is 4.79 Å². The van der Waals surface area contributed by atoms with Crippen LogP contribution in [-0.2, 0) is 16.1 Å². The molecular formula is C16H26Cl2N4O2. The number of carbonyl (C=O) groups excluding carboxylic acids is 1. The monoisotopic (exact) mass is 376 g/mol. The van der Waals surface area contributed by atoms with Crippen LogP contribution < -0.4 is 15.5 Å². The number of hydrogen-bond donors (Lipinski definition) is 2. The lowest BCUT2D eigenvalue weighted by Gasteiger charge is -2.27. The first-order chi connectivity index (χ1) is 10.8. The van der Waals surface area contributed by atoms with E-state index in [2.05, 4.69) is 20.5 Å². The molecular weight excluding hydrogens is 351 g/mol. The third-order valence-corrected chi connectivity index (χ3v) is 4.05. The number of carbonyl (C=O) groups is 1. The van der Waals surface area contributed by atoms with E-state index in [4.69, 9.17) is 4.74 Å². The van der Waals surface area contributed by atoms with E-state index in [0.717, 1.165) is 50.1 Å². The maximum Gasteiger partial charge on any atom is 0.234 e. The Bertz CT molecular complexity index is 491. The molecule has 1 saturated heterocycles. The zero-order chi connectivity index (χ0) is 15.2. The van der Waals surface area contributed by atoms with Crippen molar-refractivity contribution >= 4 is 36.5 Å². The highest BCUT2D eigenvalue weighted by atomic mass is 35.5. The van der Waals surface area contributed by atoms with Gasteiger partial charge < -0.3 is 20.3 Å². The van der Waals surface area contributed by atoms with E-state index in [1.807, 2.05) is 18.3 Å². The molecule has 1 amide bonds. The fourth-order valence-corrected chi connectivity index (χ4v) is 2.48. The summed E-state index contributed by atoms with van der Waals surface area (Å²) in [6.45, 7) is 5.17. The van der Waals surface area contributed by atoms with Crippen molar-refractivity contribution < 1.29 is 9.53 Å². The molecule has 0 aromatic carbocycles. The minimum atomic E-state index is 0. The van der Waals surface area contributed by atoms with Gasteiger partial charge in [0.1, 0.15) is 5.82 Å². The summed E-state index contributed by atoms with van der Waals surface area (Å²) in [5.74, 6) is 1.81. The van der Waals surface area contributed by atoms with Gasteiger partial charge in [-0.25, -0.2) is 4.98 Å². The molecule has 0 bridgehead atoms. The lowest BCUT2D eigenvalue weighted by atomic mass is 10.2. The second kappa shape index (κ2) is 10.7. The summed E-state index contributed by atoms with van der Waals surface area (Å²) in [5.41, 5.74) is 1.02. The Morgan fingerprint density at radius 1 is 1.25 bits per heavy atom. The summed E-state index contributed by atoms with van der Waals surface area (Å²) in [6, 6.07) is 4.04. The predicted molar refractivity (Wildman–Crippen MR) is 99.2 cm³/mol. The SMILES string of the molecule is Cl.Cl.O=C(CNCC1CC1)NCc1ccc(N2CCOCC2)nc1. The average Bonchev–Trinajstić information content (AvgIpc) is 3.39. The van der Waals surface area contributed by atoms with Crippen LogP contribution in [0, 0.1) is 5.92 Å². The highest BCUT2D eigenvalue weighted by Gasteiger charge is 2.20. The van der Waals surface area contributed by atoms with Gasteiger partial charge in [-0.05, 0) is 36.9 Å². The van der Waals surface area contributed by atoms with Crippen molar-refractivity contribution in [2.24, 2.45) is 5.92 Å². The molecule has 2 heterocycles. The number of aromatic nitrogens is 1. The summed E-state index contributed by atoms with van der Waals surface area (Å²) in [4.78, 5) is 18.4. The standard InChI is InChI=1S/C16H24N4O2.2ClH/c21-16(12-17-9-13-1-2-13)19-11-14-3-4-15(18-10-14)20-5-7-22-8-6-20;;/h3-4,10,13,17H,1-2,5-9,11-12H2,(H,19,21);2*1H. The molecule has 2 fully saturated rings. The van der Waals surface area contributed by atoms with Crippen LogP contribution in [0.15, 0.2) is 18.3 Å². The van der Waals surface area contributed by atoms with E-state index in [1.54, 1.807) is 0 Å². The minimum absolute atomic E-state index is 0. The second-order valence-corrected chi connectivity index (χ2v) is 5.98. The van der Waals surface area contributed by atoms with E-state index in [0.29, 0.717) is 13.1 Å². The fraction of sp³-hybridized carbons (Fsp3) is 0.625. The Labute approximate surface area is 155 Å². The highest BCUT2D eigenvalue weighted by Crippen LogP contribution is 2.27. The zero-order valence-electron chi connectivity index (χ0n) is 13.7. The number of hydrogen-bond acceptors (Lipinski definition) is 5. The smallest absolute Gasteiger partial charge is 0.234 e. The molecule has 1 aliphatic carbocycles. The molecule has 2 aliphatic rings. The summed E-state index contributed by atoms with van der Waals surface area (Å²) in [6.07, 6.45) is 4.44. The number of nitrogens with one attached hydrogen (secondary N) is 2. The van der Waals surface area contributed by atoms with E-state index in [1.165, 1.54) is 12.8 Å². The van der Waals surface area contributed by atoms with Crippen LogP contribution >= 0.6 is 24.8 Å². The van der Waals surface area contributed by atoms with Crippen molar-refractivity contribution in [1.29, 1.82) is 0 Å². The van der Waals surface area contributed by atoms with Gasteiger partial charge in [0.25, 0.3) is 0 Å². The summed E-state index contributed by atoms with van der Waals surface area (Å²) in [7, 11) is 0. The number of nitrogens with zero attached hydrogens (tertiary/aromatic N) is 2. The lowest BCUT2D eigenvalue weighted by Crippen LogP contribution is -2.36. The number of ether oxygens (including phenoxy) is 1. The van der Waals surface area contributed by atoms with Gasteiger partial charge in [0.15, 0.2) is 0 Å². The zero-order valence-corrected chi connectivity index (χ0v) is 15.3. The van der Waals surface area contributed by atoms with Gasteiger partial charge in [0.2, 0.25) is 5.91 Å². The fourth-order valence-electron chi connectivity index (χ4n) is 2.48. The molecule has 1 aromatic heterocycles. The van der Waals surface area contributed by atoms with Crippen molar-refractivity contribution in [2.75, 3.05) is 44.3 Å². The first-order valence-corrected chi connectivity index (χ1v) is 8.06. The van der Waals surface area contributed by atoms with Crippen molar-refractivity contribution in [3.05, 3.63) is 23.9 Å². The molecule has 0 atom stereocenters. The molecule has 1 aromatic rings. The molecule has 0 radical (unpaired) electrons. The predicted octanol–water partition coefficient (Wildman–Crippen LogP) is 1.38. The third kappa shape index (κ3) is 6.81. The first-order valence-electron chi connectivity index (χ1n) is 8.06. The molecule has 8 heteroatoms. The molecule has 0 spiro atoms. The van der Waals surface area contributed by atoms with Gasteiger partial charge in [0.05, 0.1) is 19.8 Å². The van der Waals surface area contributed by atoms with Crippen LogP contribution in [0.3, 0.4) is 0 Å². The van der Waals surface area contributed by atoms with Gasteiger partial charge >= 0.3 is 0 Å². The molecule has 0 unspecified atom stereocenters.